The van der Waals surface area contributed by atoms with Gasteiger partial charge in [0.05, 0.1) is 14.2 Å². The molecule has 5 heteroatoms. The van der Waals surface area contributed by atoms with Crippen LogP contribution in [0.15, 0.2) is 30.3 Å². The molecule has 0 bridgehead atoms. The Morgan fingerprint density at radius 3 is 2.14 bits per heavy atom. The van der Waals surface area contributed by atoms with E-state index >= 15 is 0 Å². The number of carbonyl (C=O) groups is 3. The van der Waals surface area contributed by atoms with E-state index in [1.807, 2.05) is 0 Å². The molecule has 1 aliphatic carbocycles. The number of hydrogen-bond donors (Lipinski definition) is 0. The predicted molar refractivity (Wildman–Crippen MR) is 74.6 cm³/mol. The van der Waals surface area contributed by atoms with E-state index in [9.17, 15) is 14.4 Å². The van der Waals surface area contributed by atoms with Gasteiger partial charge in [0.1, 0.15) is 0 Å². The fourth-order valence-corrected chi connectivity index (χ4v) is 3.10. The highest BCUT2D eigenvalue weighted by Gasteiger charge is 2.59. The lowest BCUT2D eigenvalue weighted by Crippen LogP contribution is -2.46. The lowest BCUT2D eigenvalue weighted by molar-refractivity contribution is -0.171. The summed E-state index contributed by atoms with van der Waals surface area (Å²) in [5.41, 5.74) is -1.03. The first kappa shape index (κ1) is 15.2. The second kappa shape index (κ2) is 6.08. The van der Waals surface area contributed by atoms with Crippen molar-refractivity contribution in [1.29, 1.82) is 0 Å². The summed E-state index contributed by atoms with van der Waals surface area (Å²) in [6, 6.07) is 8.67. The van der Waals surface area contributed by atoms with Gasteiger partial charge in [-0.2, -0.15) is 0 Å². The van der Waals surface area contributed by atoms with Gasteiger partial charge in [0.25, 0.3) is 0 Å². The topological polar surface area (TPSA) is 69.7 Å². The predicted octanol–water partition coefficient (Wildman–Crippen LogP) is 2.00. The van der Waals surface area contributed by atoms with Gasteiger partial charge in [-0.3, -0.25) is 14.4 Å². The smallest absolute Gasteiger partial charge is 0.323 e. The zero-order chi connectivity index (χ0) is 15.5. The maximum Gasteiger partial charge on any atom is 0.323 e. The number of benzene rings is 1. The highest BCUT2D eigenvalue weighted by Crippen LogP contribution is 2.46. The van der Waals surface area contributed by atoms with Gasteiger partial charge in [-0.25, -0.2) is 0 Å². The minimum Gasteiger partial charge on any atom is -0.468 e. The second-order valence-corrected chi connectivity index (χ2v) is 5.13. The van der Waals surface area contributed by atoms with Gasteiger partial charge < -0.3 is 9.47 Å². The Bertz CT molecular complexity index is 533. The summed E-state index contributed by atoms with van der Waals surface area (Å²) in [5.74, 6) is -2.34. The molecule has 0 aliphatic heterocycles. The number of ketones is 1. The molecule has 1 aliphatic rings. The molecule has 1 saturated carbocycles. The zero-order valence-corrected chi connectivity index (χ0v) is 12.1. The molecule has 0 saturated heterocycles. The van der Waals surface area contributed by atoms with Gasteiger partial charge in [-0.15, -0.1) is 0 Å². The average molecular weight is 290 g/mol. The monoisotopic (exact) mass is 290 g/mol. The Hall–Kier alpha value is -2.17. The second-order valence-electron chi connectivity index (χ2n) is 5.13. The first-order valence-corrected chi connectivity index (χ1v) is 6.84. The van der Waals surface area contributed by atoms with Gasteiger partial charge in [-0.05, 0) is 12.8 Å². The van der Waals surface area contributed by atoms with Crippen molar-refractivity contribution < 1.29 is 23.9 Å². The fourth-order valence-electron chi connectivity index (χ4n) is 3.10. The molecule has 1 aromatic rings. The third-order valence-corrected chi connectivity index (χ3v) is 4.13. The SMILES string of the molecule is COC(=O)C1(C(=O)OC)CCCC1C(=O)c1ccccc1. The van der Waals surface area contributed by atoms with Crippen LogP contribution in [-0.4, -0.2) is 31.9 Å². The van der Waals surface area contributed by atoms with Gasteiger partial charge >= 0.3 is 11.9 Å². The van der Waals surface area contributed by atoms with E-state index in [2.05, 4.69) is 0 Å². The minimum absolute atomic E-state index is 0.219. The summed E-state index contributed by atoms with van der Waals surface area (Å²) in [4.78, 5) is 37.1. The van der Waals surface area contributed by atoms with Crippen molar-refractivity contribution in [2.24, 2.45) is 11.3 Å². The van der Waals surface area contributed by atoms with Crippen molar-refractivity contribution in [3.8, 4) is 0 Å². The Morgan fingerprint density at radius 2 is 1.62 bits per heavy atom. The molecule has 1 unspecified atom stereocenters. The molecule has 0 radical (unpaired) electrons. The van der Waals surface area contributed by atoms with E-state index in [1.54, 1.807) is 30.3 Å². The number of methoxy groups -OCH3 is 2. The molecule has 21 heavy (non-hydrogen) atoms. The van der Waals surface area contributed by atoms with E-state index in [-0.39, 0.29) is 12.2 Å². The molecule has 0 N–H and O–H groups in total. The maximum absolute atomic E-state index is 12.7. The summed E-state index contributed by atoms with van der Waals surface area (Å²) in [6.45, 7) is 0. The molecule has 0 spiro atoms. The highest BCUT2D eigenvalue weighted by molar-refractivity contribution is 6.09. The van der Waals surface area contributed by atoms with E-state index in [0.717, 1.165) is 0 Å². The van der Waals surface area contributed by atoms with Crippen LogP contribution in [0.3, 0.4) is 0 Å². The molecule has 0 aromatic heterocycles. The van der Waals surface area contributed by atoms with Crippen molar-refractivity contribution in [3.63, 3.8) is 0 Å². The van der Waals surface area contributed by atoms with Crippen LogP contribution in [-0.2, 0) is 19.1 Å². The number of hydrogen-bond acceptors (Lipinski definition) is 5. The average Bonchev–Trinajstić information content (AvgIpc) is 2.99. The van der Waals surface area contributed by atoms with Crippen LogP contribution in [0.1, 0.15) is 29.6 Å². The van der Waals surface area contributed by atoms with Crippen LogP contribution in [0.2, 0.25) is 0 Å². The van der Waals surface area contributed by atoms with Crippen molar-refractivity contribution in [1.82, 2.24) is 0 Å². The lowest BCUT2D eigenvalue weighted by Gasteiger charge is -2.28. The van der Waals surface area contributed by atoms with Crippen molar-refractivity contribution in [2.75, 3.05) is 14.2 Å². The Morgan fingerprint density at radius 1 is 1.05 bits per heavy atom. The fraction of sp³-hybridized carbons (Fsp3) is 0.438. The molecule has 1 aromatic carbocycles. The van der Waals surface area contributed by atoms with E-state index in [1.165, 1.54) is 14.2 Å². The van der Waals surface area contributed by atoms with Crippen LogP contribution in [0, 0.1) is 11.3 Å². The molecule has 112 valence electrons. The number of Topliss-reactive ketones (excluding diaryl/α,β-unsaturated/α-hetero) is 1. The molecule has 0 heterocycles. The van der Waals surface area contributed by atoms with E-state index < -0.39 is 23.3 Å². The summed E-state index contributed by atoms with van der Waals surface area (Å²) >= 11 is 0. The number of carbonyl (C=O) groups excluding carboxylic acids is 3. The third kappa shape index (κ3) is 2.44. The van der Waals surface area contributed by atoms with Gasteiger partial charge in [-0.1, -0.05) is 36.8 Å². The number of rotatable bonds is 4. The minimum atomic E-state index is -1.52. The zero-order valence-electron chi connectivity index (χ0n) is 12.1. The number of ether oxygens (including phenoxy) is 2. The Balaban J connectivity index is 2.43. The Kier molecular flexibility index (Phi) is 4.40. The summed E-state index contributed by atoms with van der Waals surface area (Å²) < 4.78 is 9.57. The van der Waals surface area contributed by atoms with Crippen LogP contribution in [0.4, 0.5) is 0 Å². The van der Waals surface area contributed by atoms with Gasteiger partial charge in [0.2, 0.25) is 0 Å². The molecule has 1 fully saturated rings. The third-order valence-electron chi connectivity index (χ3n) is 4.13. The van der Waals surface area contributed by atoms with Crippen molar-refractivity contribution in [3.05, 3.63) is 35.9 Å². The molecular formula is C16H18O5. The first-order valence-electron chi connectivity index (χ1n) is 6.84. The quantitative estimate of drug-likeness (QED) is 0.482. The van der Waals surface area contributed by atoms with Crippen LogP contribution in [0.25, 0.3) is 0 Å². The molecule has 1 atom stereocenters. The van der Waals surface area contributed by atoms with Crippen molar-refractivity contribution >= 4 is 17.7 Å². The first-order chi connectivity index (χ1) is 10.1. The maximum atomic E-state index is 12.7. The van der Waals surface area contributed by atoms with Crippen LogP contribution >= 0.6 is 0 Å². The normalized spacial score (nSPS) is 19.8. The molecule has 0 amide bonds. The highest BCUT2D eigenvalue weighted by atomic mass is 16.5. The molecule has 5 nitrogen and oxygen atoms in total. The summed E-state index contributed by atoms with van der Waals surface area (Å²) in [5, 5.41) is 0. The lowest BCUT2D eigenvalue weighted by atomic mass is 9.74. The van der Waals surface area contributed by atoms with Crippen molar-refractivity contribution in [2.45, 2.75) is 19.3 Å². The van der Waals surface area contributed by atoms with Crippen LogP contribution in [0.5, 0.6) is 0 Å². The molecule has 2 rings (SSSR count). The van der Waals surface area contributed by atoms with Gasteiger partial charge in [0, 0.05) is 11.5 Å². The largest absolute Gasteiger partial charge is 0.468 e. The van der Waals surface area contributed by atoms with E-state index in [0.29, 0.717) is 18.4 Å². The summed E-state index contributed by atoms with van der Waals surface area (Å²) in [6.07, 6.45) is 1.35. The number of esters is 2. The van der Waals surface area contributed by atoms with E-state index in [4.69, 9.17) is 9.47 Å². The van der Waals surface area contributed by atoms with Crippen LogP contribution < -0.4 is 0 Å². The van der Waals surface area contributed by atoms with Gasteiger partial charge in [0.15, 0.2) is 11.2 Å². The Labute approximate surface area is 123 Å². The summed E-state index contributed by atoms with van der Waals surface area (Å²) in [7, 11) is 2.44. The standard InChI is InChI=1S/C16H18O5/c1-20-14(18)16(15(19)21-2)10-6-9-12(16)13(17)11-7-4-3-5-8-11/h3-5,7-8,12H,6,9-10H2,1-2H3. The molecular weight excluding hydrogens is 272 g/mol.